The fourth-order valence-electron chi connectivity index (χ4n) is 6.06. The van der Waals surface area contributed by atoms with E-state index in [4.69, 9.17) is 9.47 Å². The van der Waals surface area contributed by atoms with Crippen molar-refractivity contribution in [2.24, 2.45) is 5.92 Å². The number of H-pyrrole nitrogens is 1. The summed E-state index contributed by atoms with van der Waals surface area (Å²) in [5.41, 5.74) is 3.35. The molecule has 222 valence electrons. The maximum atomic E-state index is 13.9. The second-order valence-corrected chi connectivity index (χ2v) is 12.2. The lowest BCUT2D eigenvalue weighted by Crippen LogP contribution is -2.52. The lowest BCUT2D eigenvalue weighted by atomic mass is 9.95. The molecule has 3 aliphatic rings. The Morgan fingerprint density at radius 1 is 1.05 bits per heavy atom. The van der Waals surface area contributed by atoms with Gasteiger partial charge in [0.1, 0.15) is 5.75 Å². The molecule has 1 aliphatic carbocycles. The average molecular weight is 572 g/mol. The Morgan fingerprint density at radius 3 is 2.55 bits per heavy atom. The summed E-state index contributed by atoms with van der Waals surface area (Å²) >= 11 is 0. The van der Waals surface area contributed by atoms with Crippen LogP contribution in [0.1, 0.15) is 45.1 Å². The third-order valence-corrected chi connectivity index (χ3v) is 8.55. The third kappa shape index (κ3) is 6.46. The number of carbonyl (C=O) groups excluding carboxylic acids is 2. The summed E-state index contributed by atoms with van der Waals surface area (Å²) in [5, 5.41) is 6.90. The number of carbonyl (C=O) groups is 2. The van der Waals surface area contributed by atoms with Crippen LogP contribution in [-0.4, -0.2) is 82.8 Å². The van der Waals surface area contributed by atoms with E-state index in [2.05, 4.69) is 50.3 Å². The lowest BCUT2D eigenvalue weighted by Gasteiger charge is -2.37. The Bertz CT molecular complexity index is 1360. The number of hydrogen-bond acceptors (Lipinski definition) is 6. The number of piperidine rings is 1. The van der Waals surface area contributed by atoms with Crippen LogP contribution in [0.3, 0.4) is 0 Å². The monoisotopic (exact) mass is 571 g/mol. The highest BCUT2D eigenvalue weighted by Gasteiger charge is 2.38. The first kappa shape index (κ1) is 28.3. The average Bonchev–Trinajstić information content (AvgIpc) is 3.72. The molecule has 3 aromatic rings. The van der Waals surface area contributed by atoms with Gasteiger partial charge in [0.2, 0.25) is 5.91 Å². The number of aromatic amines is 1. The number of aromatic nitrogens is 2. The number of amides is 2. The molecule has 1 atom stereocenters. The molecule has 9 nitrogen and oxygen atoms in total. The summed E-state index contributed by atoms with van der Waals surface area (Å²) in [6.45, 7) is 8.15. The molecule has 6 rings (SSSR count). The van der Waals surface area contributed by atoms with E-state index in [1.54, 1.807) is 0 Å². The minimum atomic E-state index is -0.988. The number of nitrogens with zero attached hydrogens (tertiary/aromatic N) is 4. The van der Waals surface area contributed by atoms with Crippen molar-refractivity contribution in [3.8, 4) is 16.9 Å². The van der Waals surface area contributed by atoms with E-state index in [9.17, 15) is 9.59 Å². The van der Waals surface area contributed by atoms with Crippen LogP contribution in [-0.2, 0) is 20.9 Å². The van der Waals surface area contributed by atoms with Crippen molar-refractivity contribution >= 4 is 17.5 Å². The predicted octanol–water partition coefficient (Wildman–Crippen LogP) is 4.50. The zero-order chi connectivity index (χ0) is 29.1. The van der Waals surface area contributed by atoms with Crippen LogP contribution in [0.5, 0.6) is 5.75 Å². The number of morpholine rings is 1. The molecule has 0 spiro atoms. The molecule has 1 saturated carbocycles. The summed E-state index contributed by atoms with van der Waals surface area (Å²) in [4.78, 5) is 33.3. The Labute approximate surface area is 247 Å². The Hall–Kier alpha value is -3.85. The van der Waals surface area contributed by atoms with Gasteiger partial charge in [-0.2, -0.15) is 5.10 Å². The van der Waals surface area contributed by atoms with E-state index in [1.165, 1.54) is 0 Å². The molecule has 9 heteroatoms. The van der Waals surface area contributed by atoms with E-state index >= 15 is 0 Å². The van der Waals surface area contributed by atoms with E-state index in [-0.39, 0.29) is 17.7 Å². The van der Waals surface area contributed by atoms with Gasteiger partial charge in [-0.25, -0.2) is 0 Å². The van der Waals surface area contributed by atoms with Crippen LogP contribution >= 0.6 is 0 Å². The normalized spacial score (nSPS) is 19.4. The summed E-state index contributed by atoms with van der Waals surface area (Å²) in [7, 11) is 0. The fourth-order valence-corrected chi connectivity index (χ4v) is 6.06. The minimum Gasteiger partial charge on any atom is -0.478 e. The van der Waals surface area contributed by atoms with Crippen molar-refractivity contribution in [1.82, 2.24) is 20.0 Å². The first-order chi connectivity index (χ1) is 20.4. The van der Waals surface area contributed by atoms with Crippen molar-refractivity contribution < 1.29 is 19.1 Å². The van der Waals surface area contributed by atoms with Crippen molar-refractivity contribution in [3.63, 3.8) is 0 Å². The lowest BCUT2D eigenvalue weighted by molar-refractivity contribution is -0.149. The topological polar surface area (TPSA) is 91.0 Å². The van der Waals surface area contributed by atoms with E-state index in [0.717, 1.165) is 54.6 Å². The molecule has 3 heterocycles. The number of anilines is 1. The van der Waals surface area contributed by atoms with Crippen LogP contribution in [0.25, 0.3) is 11.1 Å². The van der Waals surface area contributed by atoms with Gasteiger partial charge in [0.05, 0.1) is 25.3 Å². The molecule has 1 aromatic heterocycles. The predicted molar refractivity (Wildman–Crippen MR) is 161 cm³/mol. The second-order valence-electron chi connectivity index (χ2n) is 12.2. The molecule has 2 aromatic carbocycles. The quantitative estimate of drug-likeness (QED) is 0.407. The maximum Gasteiger partial charge on any atom is 0.266 e. The number of ether oxygens (including phenoxy) is 2. The number of hydrogen-bond donors (Lipinski definition) is 1. The molecular formula is C33H41N5O4. The van der Waals surface area contributed by atoms with Gasteiger partial charge in [0.25, 0.3) is 5.91 Å². The second kappa shape index (κ2) is 12.2. The van der Waals surface area contributed by atoms with Crippen molar-refractivity contribution in [2.75, 3.05) is 44.3 Å². The van der Waals surface area contributed by atoms with Gasteiger partial charge >= 0.3 is 0 Å². The van der Waals surface area contributed by atoms with Crippen LogP contribution in [0.2, 0.25) is 0 Å². The van der Waals surface area contributed by atoms with Crippen LogP contribution in [0.4, 0.5) is 5.69 Å². The van der Waals surface area contributed by atoms with Crippen LogP contribution in [0.15, 0.2) is 60.9 Å². The van der Waals surface area contributed by atoms with Gasteiger partial charge in [-0.1, -0.05) is 30.3 Å². The van der Waals surface area contributed by atoms with Gasteiger partial charge in [-0.3, -0.25) is 14.7 Å². The molecule has 2 aliphatic heterocycles. The molecule has 2 amide bonds. The Balaban J connectivity index is 1.10. The van der Waals surface area contributed by atoms with Crippen LogP contribution < -0.4 is 9.64 Å². The maximum absolute atomic E-state index is 13.9. The zero-order valence-electron chi connectivity index (χ0n) is 24.6. The third-order valence-electron chi connectivity index (χ3n) is 8.55. The van der Waals surface area contributed by atoms with E-state index in [1.807, 2.05) is 49.3 Å². The molecule has 3 fully saturated rings. The van der Waals surface area contributed by atoms with Gasteiger partial charge in [-0.05, 0) is 62.8 Å². The highest BCUT2D eigenvalue weighted by Crippen LogP contribution is 2.34. The van der Waals surface area contributed by atoms with E-state index in [0.29, 0.717) is 51.2 Å². The van der Waals surface area contributed by atoms with Crippen LogP contribution in [0, 0.1) is 5.92 Å². The first-order valence-electron chi connectivity index (χ1n) is 15.2. The fraction of sp³-hybridized carbons (Fsp3) is 0.485. The molecule has 0 bridgehead atoms. The van der Waals surface area contributed by atoms with Crippen molar-refractivity contribution in [3.05, 3.63) is 66.5 Å². The highest BCUT2D eigenvalue weighted by molar-refractivity contribution is 5.85. The Morgan fingerprint density at radius 2 is 1.83 bits per heavy atom. The largest absolute Gasteiger partial charge is 0.478 e. The zero-order valence-corrected chi connectivity index (χ0v) is 24.6. The SMILES string of the molecule is CC(C)(Oc1cccc(N2CCCC(C(=O)N(Cc3ccc(-c4cn[nH]c4)cc3)C3CC3)C2)c1)C(=O)N1CCOCC1. The van der Waals surface area contributed by atoms with E-state index < -0.39 is 5.60 Å². The summed E-state index contributed by atoms with van der Waals surface area (Å²) < 4.78 is 11.7. The van der Waals surface area contributed by atoms with Gasteiger partial charge < -0.3 is 24.2 Å². The highest BCUT2D eigenvalue weighted by atomic mass is 16.5. The first-order valence-corrected chi connectivity index (χ1v) is 15.2. The Kier molecular flexibility index (Phi) is 8.20. The molecule has 2 saturated heterocycles. The number of benzene rings is 2. The van der Waals surface area contributed by atoms with Gasteiger partial charge in [0, 0.05) is 62.3 Å². The smallest absolute Gasteiger partial charge is 0.266 e. The molecular weight excluding hydrogens is 530 g/mol. The minimum absolute atomic E-state index is 0.0314. The molecule has 1 unspecified atom stereocenters. The van der Waals surface area contributed by atoms with Crippen molar-refractivity contribution in [2.45, 2.75) is 57.7 Å². The summed E-state index contributed by atoms with van der Waals surface area (Å²) in [6, 6.07) is 16.7. The van der Waals surface area contributed by atoms with Crippen molar-refractivity contribution in [1.29, 1.82) is 0 Å². The molecule has 42 heavy (non-hydrogen) atoms. The number of rotatable bonds is 9. The number of nitrogens with one attached hydrogen (secondary N) is 1. The summed E-state index contributed by atoms with van der Waals surface area (Å²) in [6.07, 6.45) is 7.71. The molecule has 1 N–H and O–H groups in total. The van der Waals surface area contributed by atoms with Gasteiger partial charge in [0.15, 0.2) is 5.60 Å². The summed E-state index contributed by atoms with van der Waals surface area (Å²) in [5.74, 6) is 0.835. The van der Waals surface area contributed by atoms with Gasteiger partial charge in [-0.15, -0.1) is 0 Å². The standard InChI is InChI=1S/C33H41N5O4/c1-33(2,32(40)36-15-17-41-18-16-36)42-30-7-3-6-29(19-30)37-14-4-5-26(23-37)31(39)38(28-12-13-28)22-24-8-10-25(11-9-24)27-20-34-35-21-27/h3,6-11,19-21,26,28H,4-5,12-18,22-23H2,1-2H3,(H,34,35). The molecule has 0 radical (unpaired) electrons.